The first-order valence-corrected chi connectivity index (χ1v) is 7.31. The lowest BCUT2D eigenvalue weighted by Crippen LogP contribution is -2.50. The van der Waals surface area contributed by atoms with Gasteiger partial charge in [-0.15, -0.1) is 0 Å². The molecule has 6 heteroatoms. The highest BCUT2D eigenvalue weighted by Crippen LogP contribution is 2.27. The first kappa shape index (κ1) is 14.6. The van der Waals surface area contributed by atoms with Crippen LogP contribution in [0.2, 0.25) is 0 Å². The van der Waals surface area contributed by atoms with Crippen LogP contribution in [0.1, 0.15) is 17.5 Å². The summed E-state index contributed by atoms with van der Waals surface area (Å²) in [5.41, 5.74) is 1.95. The predicted molar refractivity (Wildman–Crippen MR) is 77.9 cm³/mol. The number of carbonyl (C=O) groups is 3. The predicted octanol–water partition coefficient (Wildman–Crippen LogP) is 0.503. The molecule has 0 radical (unpaired) electrons. The van der Waals surface area contributed by atoms with E-state index in [4.69, 9.17) is 0 Å². The molecule has 2 atom stereocenters. The fourth-order valence-electron chi connectivity index (χ4n) is 3.24. The Morgan fingerprint density at radius 2 is 1.86 bits per heavy atom. The van der Waals surface area contributed by atoms with Crippen molar-refractivity contribution in [3.8, 4) is 0 Å². The molecule has 0 bridgehead atoms. The lowest BCUT2D eigenvalue weighted by molar-refractivity contribution is -0.153. The minimum Gasteiger partial charge on any atom is -0.480 e. The summed E-state index contributed by atoms with van der Waals surface area (Å²) in [6.07, 6.45) is 0.480. The summed E-state index contributed by atoms with van der Waals surface area (Å²) in [5.74, 6) is -1.74. The second-order valence-corrected chi connectivity index (χ2v) is 5.97. The number of fused-ring (bicyclic) bond motifs is 1. The molecule has 2 aliphatic rings. The molecule has 2 heterocycles. The van der Waals surface area contributed by atoms with Crippen LogP contribution in [-0.4, -0.2) is 52.3 Å². The summed E-state index contributed by atoms with van der Waals surface area (Å²) in [5, 5.41) is 9.46. The van der Waals surface area contributed by atoms with Crippen LogP contribution in [0.4, 0.5) is 0 Å². The Hall–Kier alpha value is -2.37. The van der Waals surface area contributed by atoms with Crippen molar-refractivity contribution < 1.29 is 19.5 Å². The van der Waals surface area contributed by atoms with Crippen LogP contribution in [0.3, 0.4) is 0 Å². The third kappa shape index (κ3) is 2.45. The van der Waals surface area contributed by atoms with E-state index in [1.54, 1.807) is 7.05 Å². The Bertz CT molecular complexity index is 643. The van der Waals surface area contributed by atoms with Crippen LogP contribution in [0.25, 0.3) is 0 Å². The van der Waals surface area contributed by atoms with Crippen molar-refractivity contribution in [3.63, 3.8) is 0 Å². The van der Waals surface area contributed by atoms with Gasteiger partial charge in [-0.25, -0.2) is 4.79 Å². The van der Waals surface area contributed by atoms with E-state index in [0.29, 0.717) is 19.5 Å². The van der Waals surface area contributed by atoms with Gasteiger partial charge in [0.15, 0.2) is 0 Å². The van der Waals surface area contributed by atoms with Crippen molar-refractivity contribution in [2.24, 2.45) is 5.92 Å². The molecule has 0 saturated carbocycles. The van der Waals surface area contributed by atoms with Gasteiger partial charge in [-0.1, -0.05) is 24.3 Å². The minimum atomic E-state index is -1.000. The molecule has 2 aliphatic heterocycles. The zero-order valence-electron chi connectivity index (χ0n) is 12.4. The van der Waals surface area contributed by atoms with Crippen molar-refractivity contribution in [2.75, 3.05) is 13.6 Å². The molecule has 2 unspecified atom stereocenters. The summed E-state index contributed by atoms with van der Waals surface area (Å²) in [6.45, 7) is 0.655. The van der Waals surface area contributed by atoms with E-state index < -0.39 is 17.9 Å². The molecular formula is C16H18N2O4. The number of carboxylic acids is 1. The maximum Gasteiger partial charge on any atom is 0.326 e. The van der Waals surface area contributed by atoms with Gasteiger partial charge in [-0.2, -0.15) is 0 Å². The molecule has 1 aromatic carbocycles. The van der Waals surface area contributed by atoms with Crippen molar-refractivity contribution >= 4 is 17.8 Å². The van der Waals surface area contributed by atoms with Gasteiger partial charge < -0.3 is 14.9 Å². The second-order valence-electron chi connectivity index (χ2n) is 5.97. The molecule has 22 heavy (non-hydrogen) atoms. The Morgan fingerprint density at radius 1 is 1.18 bits per heavy atom. The molecule has 0 aromatic heterocycles. The maximum absolute atomic E-state index is 12.7. The number of benzene rings is 1. The van der Waals surface area contributed by atoms with Crippen molar-refractivity contribution in [1.82, 2.24) is 9.80 Å². The monoisotopic (exact) mass is 302 g/mol. The maximum atomic E-state index is 12.7. The highest BCUT2D eigenvalue weighted by atomic mass is 16.4. The van der Waals surface area contributed by atoms with E-state index in [1.807, 2.05) is 24.3 Å². The van der Waals surface area contributed by atoms with Crippen LogP contribution >= 0.6 is 0 Å². The van der Waals surface area contributed by atoms with Crippen molar-refractivity contribution in [1.29, 1.82) is 0 Å². The highest BCUT2D eigenvalue weighted by Gasteiger charge is 2.40. The summed E-state index contributed by atoms with van der Waals surface area (Å²) in [7, 11) is 1.66. The molecule has 6 nitrogen and oxygen atoms in total. The fourth-order valence-corrected chi connectivity index (χ4v) is 3.24. The zero-order valence-corrected chi connectivity index (χ0v) is 12.4. The number of carbonyl (C=O) groups excluding carboxylic acids is 2. The number of rotatable bonds is 2. The van der Waals surface area contributed by atoms with Gasteiger partial charge in [0.2, 0.25) is 11.8 Å². The van der Waals surface area contributed by atoms with Gasteiger partial charge >= 0.3 is 5.97 Å². The van der Waals surface area contributed by atoms with Crippen molar-refractivity contribution in [2.45, 2.75) is 25.4 Å². The largest absolute Gasteiger partial charge is 0.480 e. The number of likely N-dealkylation sites (tertiary alicyclic amines) is 1. The zero-order chi connectivity index (χ0) is 15.9. The van der Waals surface area contributed by atoms with Gasteiger partial charge in [-0.05, 0) is 11.1 Å². The van der Waals surface area contributed by atoms with Gasteiger partial charge in [0.25, 0.3) is 0 Å². The van der Waals surface area contributed by atoms with E-state index >= 15 is 0 Å². The van der Waals surface area contributed by atoms with Crippen LogP contribution in [-0.2, 0) is 27.3 Å². The van der Waals surface area contributed by atoms with Crippen LogP contribution in [0.15, 0.2) is 24.3 Å². The first-order chi connectivity index (χ1) is 10.5. The Kier molecular flexibility index (Phi) is 3.60. The van der Waals surface area contributed by atoms with Crippen molar-refractivity contribution in [3.05, 3.63) is 35.4 Å². The molecule has 1 fully saturated rings. The van der Waals surface area contributed by atoms with Gasteiger partial charge in [0.05, 0.1) is 5.92 Å². The number of nitrogens with zero attached hydrogens (tertiary/aromatic N) is 2. The standard InChI is InChI=1S/C16H18N2O4/c1-17-8-12(7-14(17)19)15(20)18-9-11-5-3-2-4-10(11)6-13(18)16(21)22/h2-5,12-13H,6-9H2,1H3,(H,21,22). The summed E-state index contributed by atoms with van der Waals surface area (Å²) in [4.78, 5) is 38.8. The van der Waals surface area contributed by atoms with E-state index in [2.05, 4.69) is 0 Å². The third-order valence-corrected chi connectivity index (χ3v) is 4.51. The van der Waals surface area contributed by atoms with Gasteiger partial charge in [0, 0.05) is 33.0 Å². The minimum absolute atomic E-state index is 0.0670. The third-order valence-electron chi connectivity index (χ3n) is 4.51. The summed E-state index contributed by atoms with van der Waals surface area (Å²) in [6, 6.07) is 6.72. The Labute approximate surface area is 128 Å². The Morgan fingerprint density at radius 3 is 2.45 bits per heavy atom. The average Bonchev–Trinajstić information content (AvgIpc) is 2.84. The highest BCUT2D eigenvalue weighted by molar-refractivity contribution is 5.91. The molecule has 3 rings (SSSR count). The normalized spacial score (nSPS) is 24.3. The molecule has 0 aliphatic carbocycles. The van der Waals surface area contributed by atoms with E-state index in [0.717, 1.165) is 11.1 Å². The molecule has 116 valence electrons. The lowest BCUT2D eigenvalue weighted by atomic mass is 9.92. The molecule has 1 aromatic rings. The first-order valence-electron chi connectivity index (χ1n) is 7.31. The molecular weight excluding hydrogens is 284 g/mol. The average molecular weight is 302 g/mol. The SMILES string of the molecule is CN1CC(C(=O)N2Cc3ccccc3CC2C(=O)O)CC1=O. The molecule has 1 saturated heterocycles. The van der Waals surface area contributed by atoms with Gasteiger partial charge in [-0.3, -0.25) is 9.59 Å². The summed E-state index contributed by atoms with van der Waals surface area (Å²) >= 11 is 0. The quantitative estimate of drug-likeness (QED) is 0.863. The Balaban J connectivity index is 1.86. The number of hydrogen-bond acceptors (Lipinski definition) is 3. The van der Waals surface area contributed by atoms with Crippen LogP contribution < -0.4 is 0 Å². The van der Waals surface area contributed by atoms with Crippen LogP contribution in [0.5, 0.6) is 0 Å². The fraction of sp³-hybridized carbons (Fsp3) is 0.438. The smallest absolute Gasteiger partial charge is 0.326 e. The summed E-state index contributed by atoms with van der Waals surface area (Å²) < 4.78 is 0. The van der Waals surface area contributed by atoms with E-state index in [1.165, 1.54) is 9.80 Å². The topological polar surface area (TPSA) is 77.9 Å². The van der Waals surface area contributed by atoms with E-state index in [-0.39, 0.29) is 18.2 Å². The number of aliphatic carboxylic acids is 1. The van der Waals surface area contributed by atoms with E-state index in [9.17, 15) is 19.5 Å². The molecule has 2 amide bonds. The lowest BCUT2D eigenvalue weighted by Gasteiger charge is -2.35. The van der Waals surface area contributed by atoms with Crippen LogP contribution in [0, 0.1) is 5.92 Å². The number of carboxylic acid groups (broad SMARTS) is 1. The number of amides is 2. The number of hydrogen-bond donors (Lipinski definition) is 1. The molecule has 1 N–H and O–H groups in total. The second kappa shape index (κ2) is 5.44. The van der Waals surface area contributed by atoms with Gasteiger partial charge in [0.1, 0.15) is 6.04 Å². The molecule has 0 spiro atoms.